The first-order chi connectivity index (χ1) is 32.6. The van der Waals surface area contributed by atoms with Gasteiger partial charge < -0.3 is 8.83 Å². The topological polar surface area (TPSA) is 64.8 Å². The van der Waals surface area contributed by atoms with Gasteiger partial charge in [-0.15, -0.1) is 9.13 Å². The first-order valence-corrected chi connectivity index (χ1v) is 24.2. The van der Waals surface area contributed by atoms with Crippen molar-refractivity contribution in [1.82, 2.24) is 14.5 Å². The van der Waals surface area contributed by atoms with Gasteiger partial charge in [0.1, 0.15) is 11.3 Å². The predicted octanol–water partition coefficient (Wildman–Crippen LogP) is 14.6. The van der Waals surface area contributed by atoms with Gasteiger partial charge in [-0.3, -0.25) is 0 Å². The van der Waals surface area contributed by atoms with E-state index in [2.05, 4.69) is 223 Å². The molecule has 0 radical (unpaired) electrons. The highest BCUT2D eigenvalue weighted by molar-refractivity contribution is 6.12. The Balaban J connectivity index is 1.27. The number of pyridine rings is 2. The molecule has 7 heteroatoms. The minimum absolute atomic E-state index is 0.109. The van der Waals surface area contributed by atoms with Crippen molar-refractivity contribution in [3.8, 4) is 39.5 Å². The van der Waals surface area contributed by atoms with Crippen LogP contribution in [0.1, 0.15) is 115 Å². The van der Waals surface area contributed by atoms with Crippen LogP contribution in [0.4, 0.5) is 0 Å². The molecule has 6 aromatic carbocycles. The Labute approximate surface area is 396 Å². The summed E-state index contributed by atoms with van der Waals surface area (Å²) in [4.78, 5) is 10.0. The van der Waals surface area contributed by atoms with Crippen LogP contribution in [-0.4, -0.2) is 14.5 Å². The number of hydrogen-bond donors (Lipinski definition) is 0. The molecule has 11 aromatic rings. The van der Waals surface area contributed by atoms with E-state index < -0.39 is 5.66 Å². The Morgan fingerprint density at radius 3 is 2.07 bits per heavy atom. The monoisotopic (exact) mass is 889 g/mol. The van der Waals surface area contributed by atoms with Gasteiger partial charge in [0.25, 0.3) is 0 Å². The van der Waals surface area contributed by atoms with Gasteiger partial charge in [0.05, 0.1) is 22.1 Å². The van der Waals surface area contributed by atoms with Gasteiger partial charge in [-0.05, 0) is 100 Å². The highest BCUT2D eigenvalue weighted by Crippen LogP contribution is 2.54. The molecule has 334 valence electrons. The van der Waals surface area contributed by atoms with Crippen molar-refractivity contribution in [3.63, 3.8) is 0 Å². The second kappa shape index (κ2) is 13.9. The number of rotatable bonds is 4. The average molecular weight is 890 g/mol. The zero-order valence-corrected chi connectivity index (χ0v) is 40.5. The van der Waals surface area contributed by atoms with Gasteiger partial charge in [0, 0.05) is 38.9 Å². The molecule has 1 spiro atoms. The van der Waals surface area contributed by atoms with Crippen molar-refractivity contribution < 1.29 is 18.0 Å². The second-order valence-corrected chi connectivity index (χ2v) is 21.9. The molecular weight excluding hydrogens is 835 g/mol. The molecule has 0 fully saturated rings. The number of benzene rings is 6. The summed E-state index contributed by atoms with van der Waals surface area (Å²) in [5, 5.41) is 4.27. The van der Waals surface area contributed by atoms with Crippen LogP contribution < -0.4 is 9.13 Å². The van der Waals surface area contributed by atoms with E-state index >= 15 is 0 Å². The highest BCUT2D eigenvalue weighted by Gasteiger charge is 2.67. The van der Waals surface area contributed by atoms with Crippen LogP contribution in [0.2, 0.25) is 0 Å². The Hall–Kier alpha value is -7.38. The minimum Gasteiger partial charge on any atom is -0.438 e. The third-order valence-electron chi connectivity index (χ3n) is 14.8. The summed E-state index contributed by atoms with van der Waals surface area (Å²) < 4.78 is 21.6. The summed E-state index contributed by atoms with van der Waals surface area (Å²) in [7, 11) is 0. The SMILES string of the molecule is CC(C)c1cc(-c2ccccc2)cc(C(C)C)c1-n1c2[n+](c3ccc4ccccc4c31)C1(c3ccccc3-c3ccc(C(C)(C)C)c[n+]31)c1ccc3c(oc4nc5nc(C(C)(C)C)oc5cc43)c1-2. The predicted molar refractivity (Wildman–Crippen MR) is 274 cm³/mol. The van der Waals surface area contributed by atoms with Gasteiger partial charge in [0.2, 0.25) is 22.9 Å². The molecule has 7 nitrogen and oxygen atoms in total. The van der Waals surface area contributed by atoms with E-state index in [1.807, 2.05) is 0 Å². The molecule has 2 aliphatic rings. The average Bonchev–Trinajstić information content (AvgIpc) is 4.13. The number of nitrogens with zero attached hydrogens (tertiary/aromatic N) is 5. The fraction of sp³-hybridized carbons (Fsp3) is 0.246. The number of fused-ring (bicyclic) bond motifs is 19. The van der Waals surface area contributed by atoms with E-state index in [9.17, 15) is 0 Å². The van der Waals surface area contributed by atoms with Gasteiger partial charge >= 0.3 is 11.5 Å². The Kier molecular flexibility index (Phi) is 8.32. The first kappa shape index (κ1) is 40.9. The van der Waals surface area contributed by atoms with E-state index in [1.165, 1.54) is 66.6 Å². The lowest BCUT2D eigenvalue weighted by atomic mass is 9.87. The van der Waals surface area contributed by atoms with Crippen molar-refractivity contribution in [2.75, 3.05) is 0 Å². The molecule has 0 saturated carbocycles. The normalized spacial score (nSPS) is 15.5. The standard InChI is InChI=1S/C61H55N5O2/c1-34(2)43-30-38(36-18-12-11-13-19-36)31-44(35(3)4)52(43)65-53-40-21-15-14-20-37(40)24-28-49(53)66-57(65)51-47(61(66)46-23-17-16-22-42(46)48-29-25-39(33-64(48)61)59(5,6)7)27-26-41-45-32-50-55(62-56(45)68-54(41)51)63-58(67-50)60(8,9)10/h11-35H,1-10H3/q+2. The molecule has 13 rings (SSSR count). The molecule has 0 saturated heterocycles. The Morgan fingerprint density at radius 2 is 1.34 bits per heavy atom. The maximum Gasteiger partial charge on any atom is 0.364 e. The highest BCUT2D eigenvalue weighted by atomic mass is 16.4. The maximum atomic E-state index is 7.29. The minimum atomic E-state index is -0.846. The summed E-state index contributed by atoms with van der Waals surface area (Å²) >= 11 is 0. The van der Waals surface area contributed by atoms with Crippen molar-refractivity contribution in [2.45, 2.75) is 97.6 Å². The van der Waals surface area contributed by atoms with Crippen LogP contribution in [0.15, 0.2) is 148 Å². The summed E-state index contributed by atoms with van der Waals surface area (Å²) in [6.07, 6.45) is 2.43. The molecule has 68 heavy (non-hydrogen) atoms. The zero-order valence-electron chi connectivity index (χ0n) is 40.5. The third-order valence-corrected chi connectivity index (χ3v) is 14.8. The van der Waals surface area contributed by atoms with Gasteiger partial charge in [-0.2, -0.15) is 14.5 Å². The van der Waals surface area contributed by atoms with Gasteiger partial charge in [0.15, 0.2) is 28.4 Å². The number of aromatic nitrogens is 5. The number of oxazole rings is 1. The van der Waals surface area contributed by atoms with E-state index in [-0.39, 0.29) is 22.7 Å². The Morgan fingerprint density at radius 1 is 0.618 bits per heavy atom. The van der Waals surface area contributed by atoms with Crippen molar-refractivity contribution in [1.29, 1.82) is 0 Å². The quantitative estimate of drug-likeness (QED) is 0.165. The maximum absolute atomic E-state index is 7.29. The van der Waals surface area contributed by atoms with E-state index in [4.69, 9.17) is 18.8 Å². The van der Waals surface area contributed by atoms with E-state index in [1.54, 1.807) is 0 Å². The molecule has 0 N–H and O–H groups in total. The molecule has 0 bridgehead atoms. The van der Waals surface area contributed by atoms with Crippen LogP contribution in [0, 0.1) is 0 Å². The van der Waals surface area contributed by atoms with Crippen LogP contribution in [-0.2, 0) is 16.5 Å². The third kappa shape index (κ3) is 5.41. The van der Waals surface area contributed by atoms with E-state index in [0.717, 1.165) is 38.8 Å². The largest absolute Gasteiger partial charge is 0.438 e. The van der Waals surface area contributed by atoms with Crippen LogP contribution >= 0.6 is 0 Å². The molecule has 1 unspecified atom stereocenters. The fourth-order valence-corrected chi connectivity index (χ4v) is 11.5. The fourth-order valence-electron chi connectivity index (χ4n) is 11.5. The summed E-state index contributed by atoms with van der Waals surface area (Å²) in [6.45, 7) is 22.6. The lowest BCUT2D eigenvalue weighted by molar-refractivity contribution is -0.944. The Bertz CT molecular complexity index is 3920. The number of hydrogen-bond acceptors (Lipinski definition) is 4. The lowest BCUT2D eigenvalue weighted by Crippen LogP contribution is -2.71. The summed E-state index contributed by atoms with van der Waals surface area (Å²) in [6, 6.07) is 49.7. The molecule has 2 aliphatic heterocycles. The zero-order chi connectivity index (χ0) is 46.8. The van der Waals surface area contributed by atoms with Crippen LogP contribution in [0.3, 0.4) is 0 Å². The van der Waals surface area contributed by atoms with Crippen molar-refractivity contribution >= 4 is 55.1 Å². The van der Waals surface area contributed by atoms with E-state index in [0.29, 0.717) is 22.8 Å². The van der Waals surface area contributed by atoms with Crippen molar-refractivity contribution in [2.24, 2.45) is 0 Å². The lowest BCUT2D eigenvalue weighted by Gasteiger charge is -2.23. The second-order valence-electron chi connectivity index (χ2n) is 21.9. The molecule has 7 heterocycles. The molecule has 5 aromatic heterocycles. The molecule has 0 aliphatic carbocycles. The van der Waals surface area contributed by atoms with Gasteiger partial charge in [-0.25, -0.2) is 0 Å². The summed E-state index contributed by atoms with van der Waals surface area (Å²) in [5.74, 6) is 2.11. The molecule has 0 amide bonds. The van der Waals surface area contributed by atoms with Crippen LogP contribution in [0.5, 0.6) is 0 Å². The first-order valence-electron chi connectivity index (χ1n) is 24.2. The summed E-state index contributed by atoms with van der Waals surface area (Å²) in [5.41, 5.74) is 16.9. The molecular formula is C61H55N5O2+2. The molecule has 1 atom stereocenters. The van der Waals surface area contributed by atoms with Crippen LogP contribution in [0.25, 0.3) is 94.6 Å². The number of furan rings is 1. The smallest absolute Gasteiger partial charge is 0.364 e. The van der Waals surface area contributed by atoms with Crippen molar-refractivity contribution in [3.05, 3.63) is 173 Å². The number of imidazole rings is 1. The van der Waals surface area contributed by atoms with Gasteiger partial charge in [-0.1, -0.05) is 130 Å².